The van der Waals surface area contributed by atoms with Gasteiger partial charge in [-0.3, -0.25) is 0 Å². The third kappa shape index (κ3) is 3.68. The molecule has 108 valence electrons. The second kappa shape index (κ2) is 7.22. The zero-order valence-corrected chi connectivity index (χ0v) is 12.1. The van der Waals surface area contributed by atoms with Gasteiger partial charge in [0.05, 0.1) is 18.7 Å². The van der Waals surface area contributed by atoms with Crippen molar-refractivity contribution in [1.29, 1.82) is 0 Å². The summed E-state index contributed by atoms with van der Waals surface area (Å²) in [5.41, 5.74) is 3.18. The number of fused-ring (bicyclic) bond motifs is 1. The molecule has 4 heteroatoms. The molecule has 4 nitrogen and oxygen atoms in total. The van der Waals surface area contributed by atoms with Crippen LogP contribution in [0.1, 0.15) is 24.5 Å². The van der Waals surface area contributed by atoms with E-state index in [2.05, 4.69) is 48.4 Å². The normalized spacial score (nSPS) is 10.9. The van der Waals surface area contributed by atoms with Crippen LogP contribution in [0, 0.1) is 6.92 Å². The fraction of sp³-hybridized carbons (Fsp3) is 0.438. The molecule has 0 bridgehead atoms. The van der Waals surface area contributed by atoms with E-state index in [0.29, 0.717) is 25.6 Å². The first-order valence-electron chi connectivity index (χ1n) is 7.09. The Hall–Kier alpha value is -1.65. The van der Waals surface area contributed by atoms with E-state index in [9.17, 15) is 0 Å². The van der Waals surface area contributed by atoms with E-state index in [1.165, 1.54) is 5.56 Å². The highest BCUT2D eigenvalue weighted by Gasteiger charge is 2.08. The predicted octanol–water partition coefficient (Wildman–Crippen LogP) is 2.41. The van der Waals surface area contributed by atoms with E-state index in [4.69, 9.17) is 9.84 Å². The molecule has 0 spiro atoms. The molecule has 0 aliphatic heterocycles. The molecule has 2 rings (SSSR count). The highest BCUT2D eigenvalue weighted by atomic mass is 16.5. The van der Waals surface area contributed by atoms with Crippen LogP contribution < -0.4 is 10.1 Å². The monoisotopic (exact) mass is 274 g/mol. The maximum absolute atomic E-state index is 8.85. The number of hydrogen-bond acceptors (Lipinski definition) is 4. The van der Waals surface area contributed by atoms with Crippen LogP contribution in [0.4, 0.5) is 0 Å². The van der Waals surface area contributed by atoms with Crippen molar-refractivity contribution in [3.8, 4) is 5.88 Å². The standard InChI is InChI=1S/C16H22N2O2/c1-3-8-20-16-14(11-17-6-7-19)10-13-5-4-12(2)9-15(13)18-16/h4-5,9-10,17,19H,3,6-8,11H2,1-2H3. The molecule has 1 aromatic carbocycles. The summed E-state index contributed by atoms with van der Waals surface area (Å²) in [5, 5.41) is 13.1. The van der Waals surface area contributed by atoms with Crippen molar-refractivity contribution in [3.63, 3.8) is 0 Å². The first-order valence-corrected chi connectivity index (χ1v) is 7.09. The van der Waals surface area contributed by atoms with Crippen molar-refractivity contribution in [2.45, 2.75) is 26.8 Å². The summed E-state index contributed by atoms with van der Waals surface area (Å²) < 4.78 is 5.75. The van der Waals surface area contributed by atoms with Crippen molar-refractivity contribution >= 4 is 10.9 Å². The molecule has 2 N–H and O–H groups in total. The second-order valence-corrected chi connectivity index (χ2v) is 4.90. The van der Waals surface area contributed by atoms with Gasteiger partial charge in [0.15, 0.2) is 0 Å². The maximum Gasteiger partial charge on any atom is 0.218 e. The lowest BCUT2D eigenvalue weighted by Crippen LogP contribution is -2.18. The van der Waals surface area contributed by atoms with Crippen molar-refractivity contribution < 1.29 is 9.84 Å². The summed E-state index contributed by atoms with van der Waals surface area (Å²) in [5.74, 6) is 0.690. The molecule has 0 aliphatic rings. The molecular formula is C16H22N2O2. The third-order valence-corrected chi connectivity index (χ3v) is 3.06. The molecule has 1 aromatic heterocycles. The average molecular weight is 274 g/mol. The summed E-state index contributed by atoms with van der Waals surface area (Å²) in [4.78, 5) is 4.63. The van der Waals surface area contributed by atoms with Gasteiger partial charge in [-0.15, -0.1) is 0 Å². The van der Waals surface area contributed by atoms with E-state index in [-0.39, 0.29) is 6.61 Å². The van der Waals surface area contributed by atoms with Gasteiger partial charge in [-0.05, 0) is 31.0 Å². The minimum atomic E-state index is 0.130. The molecule has 0 unspecified atom stereocenters. The summed E-state index contributed by atoms with van der Waals surface area (Å²) >= 11 is 0. The van der Waals surface area contributed by atoms with Gasteiger partial charge >= 0.3 is 0 Å². The predicted molar refractivity (Wildman–Crippen MR) is 81.1 cm³/mol. The lowest BCUT2D eigenvalue weighted by molar-refractivity contribution is 0.287. The number of ether oxygens (including phenoxy) is 1. The number of rotatable bonds is 7. The molecule has 20 heavy (non-hydrogen) atoms. The second-order valence-electron chi connectivity index (χ2n) is 4.90. The van der Waals surface area contributed by atoms with Crippen LogP contribution in [0.15, 0.2) is 24.3 Å². The Labute approximate surface area is 119 Å². The van der Waals surface area contributed by atoms with E-state index < -0.39 is 0 Å². The van der Waals surface area contributed by atoms with Crippen molar-refractivity contribution in [1.82, 2.24) is 10.3 Å². The van der Waals surface area contributed by atoms with E-state index >= 15 is 0 Å². The third-order valence-electron chi connectivity index (χ3n) is 3.06. The van der Waals surface area contributed by atoms with Crippen LogP contribution in [0.5, 0.6) is 5.88 Å². The fourth-order valence-electron chi connectivity index (χ4n) is 2.06. The van der Waals surface area contributed by atoms with E-state index in [1.54, 1.807) is 0 Å². The first-order chi connectivity index (χ1) is 9.74. The number of benzene rings is 1. The Morgan fingerprint density at radius 2 is 2.15 bits per heavy atom. The van der Waals surface area contributed by atoms with Gasteiger partial charge in [-0.2, -0.15) is 0 Å². The zero-order chi connectivity index (χ0) is 14.4. The highest BCUT2D eigenvalue weighted by Crippen LogP contribution is 2.23. The van der Waals surface area contributed by atoms with Gasteiger partial charge in [-0.25, -0.2) is 4.98 Å². The number of aliphatic hydroxyl groups excluding tert-OH is 1. The molecule has 0 amide bonds. The number of aliphatic hydroxyl groups is 1. The molecule has 0 saturated carbocycles. The maximum atomic E-state index is 8.85. The van der Waals surface area contributed by atoms with Crippen LogP contribution in [-0.4, -0.2) is 29.8 Å². The van der Waals surface area contributed by atoms with Crippen molar-refractivity contribution in [2.24, 2.45) is 0 Å². The molecule has 0 atom stereocenters. The molecule has 0 radical (unpaired) electrons. The number of pyridine rings is 1. The molecule has 2 aromatic rings. The Morgan fingerprint density at radius 1 is 1.30 bits per heavy atom. The van der Waals surface area contributed by atoms with Gasteiger partial charge < -0.3 is 15.2 Å². The lowest BCUT2D eigenvalue weighted by atomic mass is 10.1. The van der Waals surface area contributed by atoms with E-state index in [0.717, 1.165) is 22.9 Å². The average Bonchev–Trinajstić information content (AvgIpc) is 2.45. The summed E-state index contributed by atoms with van der Waals surface area (Å²) in [6.45, 7) is 6.15. The molecular weight excluding hydrogens is 252 g/mol. The number of aromatic nitrogens is 1. The number of nitrogens with one attached hydrogen (secondary N) is 1. The lowest BCUT2D eigenvalue weighted by Gasteiger charge is -2.12. The van der Waals surface area contributed by atoms with Crippen molar-refractivity contribution in [2.75, 3.05) is 19.8 Å². The van der Waals surface area contributed by atoms with Crippen molar-refractivity contribution in [3.05, 3.63) is 35.4 Å². The first kappa shape index (κ1) is 14.8. The largest absolute Gasteiger partial charge is 0.477 e. The van der Waals surface area contributed by atoms with Gasteiger partial charge in [0.2, 0.25) is 5.88 Å². The quantitative estimate of drug-likeness (QED) is 0.761. The smallest absolute Gasteiger partial charge is 0.218 e. The summed E-state index contributed by atoms with van der Waals surface area (Å²) in [6.07, 6.45) is 0.955. The van der Waals surface area contributed by atoms with Gasteiger partial charge in [0, 0.05) is 24.0 Å². The number of hydrogen-bond donors (Lipinski definition) is 2. The van der Waals surface area contributed by atoms with Crippen LogP contribution in [0.2, 0.25) is 0 Å². The molecule has 0 saturated heterocycles. The summed E-state index contributed by atoms with van der Waals surface area (Å²) in [6, 6.07) is 8.34. The fourth-order valence-corrected chi connectivity index (χ4v) is 2.06. The Morgan fingerprint density at radius 3 is 2.90 bits per heavy atom. The Balaban J connectivity index is 2.32. The number of aryl methyl sites for hydroxylation is 1. The van der Waals surface area contributed by atoms with Crippen LogP contribution in [0.25, 0.3) is 10.9 Å². The van der Waals surface area contributed by atoms with Crippen LogP contribution >= 0.6 is 0 Å². The molecule has 1 heterocycles. The Bertz CT molecular complexity index is 570. The zero-order valence-electron chi connectivity index (χ0n) is 12.1. The van der Waals surface area contributed by atoms with Gasteiger partial charge in [0.1, 0.15) is 0 Å². The SMILES string of the molecule is CCCOc1nc2cc(C)ccc2cc1CNCCO. The number of nitrogens with zero attached hydrogens (tertiary/aromatic N) is 1. The topological polar surface area (TPSA) is 54.4 Å². The van der Waals surface area contributed by atoms with Gasteiger partial charge in [0.25, 0.3) is 0 Å². The molecule has 0 fully saturated rings. The minimum Gasteiger partial charge on any atom is -0.477 e. The minimum absolute atomic E-state index is 0.130. The highest BCUT2D eigenvalue weighted by molar-refractivity contribution is 5.80. The van der Waals surface area contributed by atoms with Crippen LogP contribution in [-0.2, 0) is 6.54 Å². The molecule has 0 aliphatic carbocycles. The van der Waals surface area contributed by atoms with Crippen LogP contribution in [0.3, 0.4) is 0 Å². The Kier molecular flexibility index (Phi) is 5.32. The summed E-state index contributed by atoms with van der Waals surface area (Å²) in [7, 11) is 0. The van der Waals surface area contributed by atoms with E-state index in [1.807, 2.05) is 0 Å². The van der Waals surface area contributed by atoms with Gasteiger partial charge in [-0.1, -0.05) is 19.1 Å².